The SMILES string of the molecule is CC(C)CN(CCC(N)=S)S(=O)(=O)c1ccc(Br)s1. The Labute approximate surface area is 132 Å². The van der Waals surface area contributed by atoms with Gasteiger partial charge in [-0.15, -0.1) is 11.3 Å². The molecule has 0 saturated carbocycles. The Morgan fingerprint density at radius 2 is 2.16 bits per heavy atom. The van der Waals surface area contributed by atoms with Gasteiger partial charge in [-0.3, -0.25) is 0 Å². The van der Waals surface area contributed by atoms with Gasteiger partial charge in [-0.05, 0) is 34.0 Å². The van der Waals surface area contributed by atoms with E-state index in [-0.39, 0.29) is 5.92 Å². The summed E-state index contributed by atoms with van der Waals surface area (Å²) in [4.78, 5) is 0.330. The predicted molar refractivity (Wildman–Crippen MR) is 87.0 cm³/mol. The Bertz CT molecular complexity index is 540. The average Bonchev–Trinajstić information content (AvgIpc) is 2.70. The van der Waals surface area contributed by atoms with Crippen LogP contribution < -0.4 is 5.73 Å². The van der Waals surface area contributed by atoms with Crippen molar-refractivity contribution >= 4 is 54.5 Å². The molecular formula is C11H17BrN2O2S3. The normalized spacial score (nSPS) is 12.3. The van der Waals surface area contributed by atoms with Crippen LogP contribution in [0.3, 0.4) is 0 Å². The van der Waals surface area contributed by atoms with E-state index in [4.69, 9.17) is 18.0 Å². The first kappa shape index (κ1) is 17.0. The van der Waals surface area contributed by atoms with Crippen LogP contribution in [-0.2, 0) is 10.0 Å². The average molecular weight is 385 g/mol. The van der Waals surface area contributed by atoms with Gasteiger partial charge in [0.05, 0.1) is 8.77 Å². The summed E-state index contributed by atoms with van der Waals surface area (Å²) in [7, 11) is -3.46. The summed E-state index contributed by atoms with van der Waals surface area (Å²) in [6, 6.07) is 3.34. The maximum atomic E-state index is 12.5. The standard InChI is InChI=1S/C11H17BrN2O2S3/c1-8(2)7-14(6-5-10(13)17)19(15,16)11-4-3-9(12)18-11/h3-4,8H,5-7H2,1-2H3,(H2,13,17). The molecule has 0 bridgehead atoms. The number of thiophene rings is 1. The highest BCUT2D eigenvalue weighted by Gasteiger charge is 2.26. The topological polar surface area (TPSA) is 63.4 Å². The number of hydrogen-bond donors (Lipinski definition) is 1. The van der Waals surface area contributed by atoms with E-state index in [1.807, 2.05) is 13.8 Å². The van der Waals surface area contributed by atoms with Gasteiger partial charge in [0.15, 0.2) is 0 Å². The van der Waals surface area contributed by atoms with Crippen LogP contribution in [0.2, 0.25) is 0 Å². The molecule has 19 heavy (non-hydrogen) atoms. The summed E-state index contributed by atoms with van der Waals surface area (Å²) >= 11 is 9.31. The van der Waals surface area contributed by atoms with Gasteiger partial charge in [0.25, 0.3) is 10.0 Å². The molecule has 0 aliphatic heterocycles. The van der Waals surface area contributed by atoms with Crippen LogP contribution in [0.25, 0.3) is 0 Å². The van der Waals surface area contributed by atoms with Crippen molar-refractivity contribution in [3.63, 3.8) is 0 Å². The first-order chi connectivity index (χ1) is 8.73. The Morgan fingerprint density at radius 3 is 2.58 bits per heavy atom. The third-order valence-electron chi connectivity index (χ3n) is 2.32. The number of rotatable bonds is 7. The molecule has 4 nitrogen and oxygen atoms in total. The monoisotopic (exact) mass is 384 g/mol. The second-order valence-electron chi connectivity index (χ2n) is 4.53. The van der Waals surface area contributed by atoms with E-state index >= 15 is 0 Å². The zero-order valence-corrected chi connectivity index (χ0v) is 14.8. The molecule has 1 aromatic heterocycles. The molecule has 1 heterocycles. The zero-order chi connectivity index (χ0) is 14.6. The van der Waals surface area contributed by atoms with Gasteiger partial charge >= 0.3 is 0 Å². The first-order valence-corrected chi connectivity index (χ1v) is 9.23. The van der Waals surface area contributed by atoms with Crippen LogP contribution in [0.15, 0.2) is 20.1 Å². The van der Waals surface area contributed by atoms with Gasteiger partial charge in [0.2, 0.25) is 0 Å². The van der Waals surface area contributed by atoms with Crippen molar-refractivity contribution < 1.29 is 8.42 Å². The molecule has 0 aliphatic rings. The molecular weight excluding hydrogens is 368 g/mol. The Morgan fingerprint density at radius 1 is 1.53 bits per heavy atom. The Hall–Kier alpha value is -0.0200. The number of thiocarbonyl (C=S) groups is 1. The van der Waals surface area contributed by atoms with Gasteiger partial charge in [0.1, 0.15) is 4.21 Å². The highest BCUT2D eigenvalue weighted by Crippen LogP contribution is 2.28. The second kappa shape index (κ2) is 7.12. The molecule has 0 aromatic carbocycles. The summed E-state index contributed by atoms with van der Waals surface area (Å²) < 4.78 is 27.6. The molecule has 0 unspecified atom stereocenters. The van der Waals surface area contributed by atoms with Crippen LogP contribution in [-0.4, -0.2) is 30.8 Å². The van der Waals surface area contributed by atoms with E-state index in [1.54, 1.807) is 12.1 Å². The molecule has 2 N–H and O–H groups in total. The third-order valence-corrected chi connectivity index (χ3v) is 6.48. The minimum absolute atomic E-state index is 0.240. The zero-order valence-electron chi connectivity index (χ0n) is 10.8. The molecule has 0 atom stereocenters. The minimum Gasteiger partial charge on any atom is -0.393 e. The van der Waals surface area contributed by atoms with Crippen LogP contribution in [0.1, 0.15) is 20.3 Å². The van der Waals surface area contributed by atoms with E-state index in [1.165, 1.54) is 15.6 Å². The molecule has 0 aliphatic carbocycles. The van der Waals surface area contributed by atoms with Crippen LogP contribution in [0.5, 0.6) is 0 Å². The largest absolute Gasteiger partial charge is 0.393 e. The maximum Gasteiger partial charge on any atom is 0.252 e. The number of nitrogens with zero attached hydrogens (tertiary/aromatic N) is 1. The number of hydrogen-bond acceptors (Lipinski definition) is 4. The molecule has 0 saturated heterocycles. The molecule has 0 amide bonds. The highest BCUT2D eigenvalue weighted by atomic mass is 79.9. The number of halogens is 1. The quantitative estimate of drug-likeness (QED) is 0.734. The van der Waals surface area contributed by atoms with Crippen molar-refractivity contribution in [2.75, 3.05) is 13.1 Å². The molecule has 1 rings (SSSR count). The molecule has 8 heteroatoms. The predicted octanol–water partition coefficient (Wildman–Crippen LogP) is 2.83. The van der Waals surface area contributed by atoms with Crippen LogP contribution in [0.4, 0.5) is 0 Å². The van der Waals surface area contributed by atoms with E-state index in [2.05, 4.69) is 15.9 Å². The van der Waals surface area contributed by atoms with Gasteiger partial charge in [-0.2, -0.15) is 4.31 Å². The van der Waals surface area contributed by atoms with Crippen LogP contribution in [0, 0.1) is 5.92 Å². The van der Waals surface area contributed by atoms with Gasteiger partial charge < -0.3 is 5.73 Å². The van der Waals surface area contributed by atoms with Gasteiger partial charge in [0, 0.05) is 19.5 Å². The maximum absolute atomic E-state index is 12.5. The summed E-state index contributed by atoms with van der Waals surface area (Å²) in [5.74, 6) is 0.240. The lowest BCUT2D eigenvalue weighted by Crippen LogP contribution is -2.36. The Balaban J connectivity index is 2.98. The summed E-state index contributed by atoms with van der Waals surface area (Å²) in [5.41, 5.74) is 5.46. The van der Waals surface area contributed by atoms with E-state index in [0.717, 1.165) is 3.79 Å². The third kappa shape index (κ3) is 5.11. The van der Waals surface area contributed by atoms with Gasteiger partial charge in [-0.25, -0.2) is 8.42 Å². The van der Waals surface area contributed by atoms with Crippen molar-refractivity contribution in [1.82, 2.24) is 4.31 Å². The fraction of sp³-hybridized carbons (Fsp3) is 0.545. The summed E-state index contributed by atoms with van der Waals surface area (Å²) in [6.45, 7) is 4.74. The molecule has 0 radical (unpaired) electrons. The Kier molecular flexibility index (Phi) is 6.38. The van der Waals surface area contributed by atoms with Crippen molar-refractivity contribution in [3.8, 4) is 0 Å². The van der Waals surface area contributed by atoms with Crippen LogP contribution >= 0.6 is 39.5 Å². The first-order valence-electron chi connectivity index (χ1n) is 5.77. The minimum atomic E-state index is -3.46. The lowest BCUT2D eigenvalue weighted by atomic mass is 10.2. The van der Waals surface area contributed by atoms with Crippen molar-refractivity contribution in [2.45, 2.75) is 24.5 Å². The lowest BCUT2D eigenvalue weighted by Gasteiger charge is -2.23. The molecule has 0 spiro atoms. The van der Waals surface area contributed by atoms with E-state index in [0.29, 0.717) is 28.7 Å². The summed E-state index contributed by atoms with van der Waals surface area (Å²) in [5, 5.41) is 0. The number of sulfonamides is 1. The summed E-state index contributed by atoms with van der Waals surface area (Å²) in [6.07, 6.45) is 0.397. The number of nitrogens with two attached hydrogens (primary N) is 1. The fourth-order valence-corrected chi connectivity index (χ4v) is 5.38. The van der Waals surface area contributed by atoms with Gasteiger partial charge in [-0.1, -0.05) is 26.1 Å². The lowest BCUT2D eigenvalue weighted by molar-refractivity contribution is 0.375. The van der Waals surface area contributed by atoms with E-state index < -0.39 is 10.0 Å². The highest BCUT2D eigenvalue weighted by molar-refractivity contribution is 9.11. The smallest absolute Gasteiger partial charge is 0.252 e. The van der Waals surface area contributed by atoms with E-state index in [9.17, 15) is 8.42 Å². The molecule has 108 valence electrons. The molecule has 0 fully saturated rings. The van der Waals surface area contributed by atoms with Crippen molar-refractivity contribution in [3.05, 3.63) is 15.9 Å². The molecule has 1 aromatic rings. The second-order valence-corrected chi connectivity index (χ2v) is 9.68. The fourth-order valence-electron chi connectivity index (χ4n) is 1.52. The van der Waals surface area contributed by atoms with Crippen molar-refractivity contribution in [2.24, 2.45) is 11.7 Å². The van der Waals surface area contributed by atoms with Crippen molar-refractivity contribution in [1.29, 1.82) is 0 Å².